The summed E-state index contributed by atoms with van der Waals surface area (Å²) >= 11 is 1.01. The van der Waals surface area contributed by atoms with Gasteiger partial charge in [0.2, 0.25) is 0 Å². The first-order chi connectivity index (χ1) is 13.4. The van der Waals surface area contributed by atoms with E-state index in [-0.39, 0.29) is 41.3 Å². The van der Waals surface area contributed by atoms with Gasteiger partial charge in [-0.2, -0.15) is 0 Å². The molecule has 0 atom stereocenters. The largest absolute Gasteiger partial charge is 0.462 e. The SMILES string of the molecule is CCOC(=O)c1sc(NC(=O)N2CCN(CCO)CC2)c(C(=O)OCC)c1C. The molecule has 0 spiro atoms. The Morgan fingerprint density at radius 1 is 1.07 bits per heavy atom. The molecule has 10 heteroatoms. The minimum Gasteiger partial charge on any atom is -0.462 e. The first-order valence-electron chi connectivity index (χ1n) is 9.29. The van der Waals surface area contributed by atoms with Gasteiger partial charge in [-0.15, -0.1) is 11.3 Å². The molecule has 1 saturated heterocycles. The number of aliphatic hydroxyl groups is 1. The van der Waals surface area contributed by atoms with Crippen molar-refractivity contribution in [1.29, 1.82) is 0 Å². The lowest BCUT2D eigenvalue weighted by Crippen LogP contribution is -2.50. The molecule has 0 aliphatic carbocycles. The predicted molar refractivity (Wildman–Crippen MR) is 105 cm³/mol. The quantitative estimate of drug-likeness (QED) is 0.653. The fraction of sp³-hybridized carbons (Fsp3) is 0.611. The lowest BCUT2D eigenvalue weighted by atomic mass is 10.1. The number of thiophene rings is 1. The van der Waals surface area contributed by atoms with Gasteiger partial charge >= 0.3 is 18.0 Å². The molecule has 156 valence electrons. The third-order valence-corrected chi connectivity index (χ3v) is 5.57. The molecule has 9 nitrogen and oxygen atoms in total. The molecule has 0 aromatic carbocycles. The summed E-state index contributed by atoms with van der Waals surface area (Å²) in [6.07, 6.45) is 0. The Morgan fingerprint density at radius 2 is 1.68 bits per heavy atom. The van der Waals surface area contributed by atoms with E-state index in [1.165, 1.54) is 0 Å². The van der Waals surface area contributed by atoms with Crippen LogP contribution >= 0.6 is 11.3 Å². The highest BCUT2D eigenvalue weighted by Crippen LogP contribution is 2.34. The Labute approximate surface area is 168 Å². The van der Waals surface area contributed by atoms with Crippen molar-refractivity contribution >= 4 is 34.3 Å². The maximum absolute atomic E-state index is 12.7. The molecule has 2 N–H and O–H groups in total. The van der Waals surface area contributed by atoms with E-state index in [4.69, 9.17) is 14.6 Å². The summed E-state index contributed by atoms with van der Waals surface area (Å²) in [5.41, 5.74) is 0.618. The van der Waals surface area contributed by atoms with Crippen LogP contribution in [0.1, 0.15) is 39.4 Å². The van der Waals surface area contributed by atoms with Crippen LogP contribution in [0.5, 0.6) is 0 Å². The summed E-state index contributed by atoms with van der Waals surface area (Å²) < 4.78 is 10.1. The van der Waals surface area contributed by atoms with Crippen LogP contribution in [0.3, 0.4) is 0 Å². The van der Waals surface area contributed by atoms with E-state index >= 15 is 0 Å². The van der Waals surface area contributed by atoms with Gasteiger partial charge in [0.05, 0.1) is 25.4 Å². The Kier molecular flexibility index (Phi) is 8.21. The smallest absolute Gasteiger partial charge is 0.348 e. The number of aliphatic hydroxyl groups excluding tert-OH is 1. The van der Waals surface area contributed by atoms with Crippen molar-refractivity contribution in [1.82, 2.24) is 9.80 Å². The van der Waals surface area contributed by atoms with E-state index in [1.54, 1.807) is 25.7 Å². The first-order valence-corrected chi connectivity index (χ1v) is 10.1. The van der Waals surface area contributed by atoms with Gasteiger partial charge in [0.25, 0.3) is 0 Å². The second kappa shape index (κ2) is 10.4. The third-order valence-electron chi connectivity index (χ3n) is 4.38. The Bertz CT molecular complexity index is 712. The molecule has 1 aliphatic heterocycles. The van der Waals surface area contributed by atoms with Gasteiger partial charge in [-0.1, -0.05) is 0 Å². The molecule has 0 unspecified atom stereocenters. The number of urea groups is 1. The minimum absolute atomic E-state index is 0.0835. The Balaban J connectivity index is 2.19. The van der Waals surface area contributed by atoms with Gasteiger partial charge in [0, 0.05) is 32.7 Å². The molecule has 2 rings (SSSR count). The van der Waals surface area contributed by atoms with Crippen LogP contribution in [-0.2, 0) is 9.47 Å². The van der Waals surface area contributed by atoms with Crippen molar-refractivity contribution in [3.05, 3.63) is 16.0 Å². The molecule has 0 saturated carbocycles. The molecule has 1 fully saturated rings. The van der Waals surface area contributed by atoms with Crippen LogP contribution in [0.25, 0.3) is 0 Å². The van der Waals surface area contributed by atoms with Crippen LogP contribution in [0, 0.1) is 6.92 Å². The van der Waals surface area contributed by atoms with E-state index in [0.29, 0.717) is 38.3 Å². The van der Waals surface area contributed by atoms with Crippen molar-refractivity contribution in [2.75, 3.05) is 57.9 Å². The zero-order valence-electron chi connectivity index (χ0n) is 16.4. The summed E-state index contributed by atoms with van der Waals surface area (Å²) in [5, 5.41) is 12.0. The summed E-state index contributed by atoms with van der Waals surface area (Å²) in [6, 6.07) is -0.342. The van der Waals surface area contributed by atoms with Crippen LogP contribution in [0.15, 0.2) is 0 Å². The highest BCUT2D eigenvalue weighted by Gasteiger charge is 2.29. The van der Waals surface area contributed by atoms with Crippen LogP contribution in [0.4, 0.5) is 9.80 Å². The summed E-state index contributed by atoms with van der Waals surface area (Å²) in [7, 11) is 0. The zero-order valence-corrected chi connectivity index (χ0v) is 17.3. The Hall–Kier alpha value is -2.17. The van der Waals surface area contributed by atoms with E-state index in [0.717, 1.165) is 11.3 Å². The van der Waals surface area contributed by atoms with E-state index < -0.39 is 11.9 Å². The number of ether oxygens (including phenoxy) is 2. The summed E-state index contributed by atoms with van der Waals surface area (Å²) in [6.45, 7) is 8.43. The highest BCUT2D eigenvalue weighted by atomic mass is 32.1. The van der Waals surface area contributed by atoms with Gasteiger partial charge in [-0.05, 0) is 26.3 Å². The maximum atomic E-state index is 12.7. The Morgan fingerprint density at radius 3 is 2.25 bits per heavy atom. The molecule has 1 aliphatic rings. The number of hydrogen-bond donors (Lipinski definition) is 2. The lowest BCUT2D eigenvalue weighted by molar-refractivity contribution is 0.0527. The fourth-order valence-corrected chi connectivity index (χ4v) is 4.01. The minimum atomic E-state index is -0.588. The molecule has 0 radical (unpaired) electrons. The van der Waals surface area contributed by atoms with Crippen molar-refractivity contribution in [3.8, 4) is 0 Å². The second-order valence-electron chi connectivity index (χ2n) is 6.18. The second-order valence-corrected chi connectivity index (χ2v) is 7.20. The van der Waals surface area contributed by atoms with E-state index in [1.807, 2.05) is 0 Å². The van der Waals surface area contributed by atoms with Crippen molar-refractivity contribution < 1.29 is 29.0 Å². The van der Waals surface area contributed by atoms with Crippen molar-refractivity contribution in [2.24, 2.45) is 0 Å². The summed E-state index contributed by atoms with van der Waals surface area (Å²) in [4.78, 5) is 41.2. The number of hydrogen-bond acceptors (Lipinski definition) is 8. The number of nitrogens with zero attached hydrogens (tertiary/aromatic N) is 2. The number of piperazine rings is 1. The number of carbonyl (C=O) groups is 3. The molecule has 0 bridgehead atoms. The van der Waals surface area contributed by atoms with Crippen LogP contribution in [0.2, 0.25) is 0 Å². The van der Waals surface area contributed by atoms with Crippen molar-refractivity contribution in [3.63, 3.8) is 0 Å². The van der Waals surface area contributed by atoms with E-state index in [2.05, 4.69) is 10.2 Å². The lowest BCUT2D eigenvalue weighted by Gasteiger charge is -2.34. The standard InChI is InChI=1S/C18H27N3O6S/c1-4-26-16(23)13-12(3)14(17(24)27-5-2)28-15(13)19-18(25)21-8-6-20(7-9-21)10-11-22/h22H,4-11H2,1-3H3,(H,19,25). The number of amides is 2. The fourth-order valence-electron chi connectivity index (χ4n) is 2.93. The highest BCUT2D eigenvalue weighted by molar-refractivity contribution is 7.18. The van der Waals surface area contributed by atoms with Gasteiger partial charge < -0.3 is 19.5 Å². The normalized spacial score (nSPS) is 14.6. The van der Waals surface area contributed by atoms with Gasteiger partial charge in [0.15, 0.2) is 0 Å². The number of nitrogens with one attached hydrogen (secondary N) is 1. The molecule has 28 heavy (non-hydrogen) atoms. The predicted octanol–water partition coefficient (Wildman–Crippen LogP) is 1.55. The number of anilines is 1. The number of β-amino-alcohol motifs (C(OH)–C–C–N with tert-alkyl or cyclic N) is 1. The molecule has 2 heterocycles. The topological polar surface area (TPSA) is 108 Å². The third kappa shape index (κ3) is 5.21. The maximum Gasteiger partial charge on any atom is 0.348 e. The van der Waals surface area contributed by atoms with Crippen LogP contribution in [-0.4, -0.2) is 85.4 Å². The molecular formula is C18H27N3O6S. The number of carbonyl (C=O) groups excluding carboxylic acids is 3. The van der Waals surface area contributed by atoms with E-state index in [9.17, 15) is 14.4 Å². The average Bonchev–Trinajstić information content (AvgIpc) is 2.99. The zero-order chi connectivity index (χ0) is 20.7. The number of esters is 2. The molecule has 1 aromatic heterocycles. The average molecular weight is 413 g/mol. The van der Waals surface area contributed by atoms with Gasteiger partial charge in [0.1, 0.15) is 9.88 Å². The molecular weight excluding hydrogens is 386 g/mol. The van der Waals surface area contributed by atoms with Gasteiger partial charge in [-0.3, -0.25) is 10.2 Å². The number of rotatable bonds is 7. The molecule has 1 aromatic rings. The molecule has 2 amide bonds. The van der Waals surface area contributed by atoms with Crippen molar-refractivity contribution in [2.45, 2.75) is 20.8 Å². The monoisotopic (exact) mass is 413 g/mol. The summed E-state index contributed by atoms with van der Waals surface area (Å²) in [5.74, 6) is -1.12. The first kappa shape index (κ1) is 22.1. The van der Waals surface area contributed by atoms with Crippen LogP contribution < -0.4 is 5.32 Å². The van der Waals surface area contributed by atoms with Gasteiger partial charge in [-0.25, -0.2) is 14.4 Å².